The van der Waals surface area contributed by atoms with Gasteiger partial charge in [-0.1, -0.05) is 73.7 Å². The van der Waals surface area contributed by atoms with E-state index in [1.165, 1.54) is 0 Å². The lowest BCUT2D eigenvalue weighted by atomic mass is 9.98. The number of carbonyl (C=O) groups is 3. The highest BCUT2D eigenvalue weighted by atomic mass is 32.1. The Hall–Kier alpha value is -3.72. The Morgan fingerprint density at radius 3 is 2.21 bits per heavy atom. The molecule has 1 aliphatic rings. The molecular weight excluding hydrogens is 454 g/mol. The number of benzene rings is 2. The molecule has 4 rings (SSSR count). The van der Waals surface area contributed by atoms with Crippen LogP contribution in [0, 0.1) is 12.8 Å². The van der Waals surface area contributed by atoms with Gasteiger partial charge in [0.15, 0.2) is 5.13 Å². The van der Waals surface area contributed by atoms with Crippen LogP contribution in [-0.2, 0) is 9.53 Å². The highest BCUT2D eigenvalue weighted by Gasteiger charge is 2.29. The van der Waals surface area contributed by atoms with Crippen molar-refractivity contribution in [2.45, 2.75) is 32.7 Å². The number of hydrogen-bond acceptors (Lipinski definition) is 6. The number of amides is 2. The summed E-state index contributed by atoms with van der Waals surface area (Å²) in [6.07, 6.45) is -0.673. The van der Waals surface area contributed by atoms with Crippen LogP contribution in [0.4, 0.5) is 9.93 Å². The van der Waals surface area contributed by atoms with Gasteiger partial charge in [-0.2, -0.15) is 0 Å². The van der Waals surface area contributed by atoms with E-state index in [4.69, 9.17) is 4.74 Å². The molecule has 0 saturated carbocycles. The van der Waals surface area contributed by atoms with E-state index in [0.29, 0.717) is 5.69 Å². The quantitative estimate of drug-likeness (QED) is 0.454. The highest BCUT2D eigenvalue weighted by Crippen LogP contribution is 2.44. The van der Waals surface area contributed by atoms with Crippen LogP contribution in [0.1, 0.15) is 46.3 Å². The van der Waals surface area contributed by atoms with Crippen molar-refractivity contribution >= 4 is 34.4 Å². The third kappa shape index (κ3) is 4.65. The van der Waals surface area contributed by atoms with Crippen LogP contribution < -0.4 is 10.6 Å². The van der Waals surface area contributed by atoms with E-state index in [1.54, 1.807) is 20.8 Å². The standard InChI is InChI=1S/C25H25N3O5S/c1-13(2)20(23(30)31)27-22(29)21-14(3)26-24(34-21)28-25(32)33-12-19-17-10-6-4-8-15(17)16-9-5-7-11-18(16)19/h4-11,13,19-20H,12H2,1-3H3,(H,27,29)(H,30,31)(H,26,28,32). The summed E-state index contributed by atoms with van der Waals surface area (Å²) in [5.74, 6) is -2.01. The molecule has 8 nitrogen and oxygen atoms in total. The van der Waals surface area contributed by atoms with Gasteiger partial charge in [0, 0.05) is 5.92 Å². The molecule has 0 radical (unpaired) electrons. The van der Waals surface area contributed by atoms with Crippen LogP contribution in [-0.4, -0.2) is 40.7 Å². The molecule has 1 atom stereocenters. The molecule has 9 heteroatoms. The van der Waals surface area contributed by atoms with Crippen LogP contribution in [0.3, 0.4) is 0 Å². The van der Waals surface area contributed by atoms with E-state index in [9.17, 15) is 19.5 Å². The molecule has 0 aliphatic heterocycles. The first-order valence-corrected chi connectivity index (χ1v) is 11.7. The molecule has 1 unspecified atom stereocenters. The fourth-order valence-corrected chi connectivity index (χ4v) is 4.96. The number of nitrogens with one attached hydrogen (secondary N) is 2. The van der Waals surface area contributed by atoms with E-state index in [1.807, 2.05) is 36.4 Å². The molecule has 3 N–H and O–H groups in total. The van der Waals surface area contributed by atoms with Crippen molar-refractivity contribution in [3.63, 3.8) is 0 Å². The van der Waals surface area contributed by atoms with E-state index in [0.717, 1.165) is 33.6 Å². The van der Waals surface area contributed by atoms with Crippen LogP contribution >= 0.6 is 11.3 Å². The lowest BCUT2D eigenvalue weighted by molar-refractivity contribution is -0.140. The average Bonchev–Trinajstić information content (AvgIpc) is 3.32. The van der Waals surface area contributed by atoms with Gasteiger partial charge in [-0.3, -0.25) is 10.1 Å². The van der Waals surface area contributed by atoms with E-state index < -0.39 is 24.0 Å². The fourth-order valence-electron chi connectivity index (χ4n) is 4.10. The number of anilines is 1. The van der Waals surface area contributed by atoms with E-state index >= 15 is 0 Å². The second-order valence-corrected chi connectivity index (χ2v) is 9.42. The van der Waals surface area contributed by atoms with Gasteiger partial charge in [0.1, 0.15) is 17.5 Å². The topological polar surface area (TPSA) is 118 Å². The van der Waals surface area contributed by atoms with E-state index in [-0.39, 0.29) is 28.5 Å². The summed E-state index contributed by atoms with van der Waals surface area (Å²) < 4.78 is 5.52. The number of carboxylic acids is 1. The molecule has 34 heavy (non-hydrogen) atoms. The van der Waals surface area contributed by atoms with Gasteiger partial charge in [-0.15, -0.1) is 0 Å². The smallest absolute Gasteiger partial charge is 0.413 e. The Kier molecular flexibility index (Phi) is 6.65. The minimum atomic E-state index is -1.11. The summed E-state index contributed by atoms with van der Waals surface area (Å²) in [6, 6.07) is 15.1. The summed E-state index contributed by atoms with van der Waals surface area (Å²) in [5, 5.41) is 14.6. The molecule has 3 aromatic rings. The van der Waals surface area contributed by atoms with Gasteiger partial charge < -0.3 is 15.2 Å². The van der Waals surface area contributed by atoms with Gasteiger partial charge in [0.2, 0.25) is 0 Å². The van der Waals surface area contributed by atoms with Gasteiger partial charge in [-0.25, -0.2) is 14.6 Å². The molecule has 1 aliphatic carbocycles. The number of ether oxygens (including phenoxy) is 1. The number of thiazole rings is 1. The van der Waals surface area contributed by atoms with Crippen molar-refractivity contribution in [2.24, 2.45) is 5.92 Å². The number of rotatable bonds is 7. The highest BCUT2D eigenvalue weighted by molar-refractivity contribution is 7.17. The van der Waals surface area contributed by atoms with Crippen molar-refractivity contribution in [3.8, 4) is 11.1 Å². The van der Waals surface area contributed by atoms with Crippen molar-refractivity contribution in [3.05, 3.63) is 70.2 Å². The van der Waals surface area contributed by atoms with Crippen LogP contribution in [0.5, 0.6) is 0 Å². The molecule has 176 valence electrons. The second-order valence-electron chi connectivity index (χ2n) is 8.42. The number of nitrogens with zero attached hydrogens (tertiary/aromatic N) is 1. The number of hydrogen-bond donors (Lipinski definition) is 3. The molecule has 1 aromatic heterocycles. The zero-order valence-electron chi connectivity index (χ0n) is 19.0. The summed E-state index contributed by atoms with van der Waals surface area (Å²) in [7, 11) is 0. The maximum absolute atomic E-state index is 12.6. The SMILES string of the molecule is Cc1nc(NC(=O)OCC2c3ccccc3-c3ccccc32)sc1C(=O)NC(C(=O)O)C(C)C. The predicted octanol–water partition coefficient (Wildman–Crippen LogP) is 4.65. The zero-order chi connectivity index (χ0) is 24.4. The first kappa shape index (κ1) is 23.4. The first-order chi connectivity index (χ1) is 16.3. The Balaban J connectivity index is 1.41. The number of carboxylic acid groups (broad SMARTS) is 1. The van der Waals surface area contributed by atoms with Gasteiger partial charge in [0.05, 0.1) is 5.69 Å². The fraction of sp³-hybridized carbons (Fsp3) is 0.280. The Morgan fingerprint density at radius 1 is 1.06 bits per heavy atom. The lowest BCUT2D eigenvalue weighted by Gasteiger charge is -2.17. The largest absolute Gasteiger partial charge is 0.480 e. The molecule has 0 fully saturated rings. The molecule has 0 saturated heterocycles. The van der Waals surface area contributed by atoms with Gasteiger partial charge in [0.25, 0.3) is 5.91 Å². The van der Waals surface area contributed by atoms with Crippen LogP contribution in [0.25, 0.3) is 11.1 Å². The first-order valence-electron chi connectivity index (χ1n) is 10.9. The summed E-state index contributed by atoms with van der Waals surface area (Å²) >= 11 is 0.969. The zero-order valence-corrected chi connectivity index (χ0v) is 19.8. The summed E-state index contributed by atoms with van der Waals surface area (Å²) in [4.78, 5) is 40.9. The number of aromatic nitrogens is 1. The van der Waals surface area contributed by atoms with Crippen LogP contribution in [0.2, 0.25) is 0 Å². The molecule has 0 spiro atoms. The van der Waals surface area contributed by atoms with Crippen molar-refractivity contribution in [1.29, 1.82) is 0 Å². The Morgan fingerprint density at radius 2 is 1.65 bits per heavy atom. The normalized spacial score (nSPS) is 13.2. The number of fused-ring (bicyclic) bond motifs is 3. The van der Waals surface area contributed by atoms with Gasteiger partial charge >= 0.3 is 12.1 Å². The minimum Gasteiger partial charge on any atom is -0.480 e. The summed E-state index contributed by atoms with van der Waals surface area (Å²) in [5.41, 5.74) is 4.89. The van der Waals surface area contributed by atoms with Crippen molar-refractivity contribution in [2.75, 3.05) is 11.9 Å². The number of aliphatic carboxylic acids is 1. The third-order valence-corrected chi connectivity index (χ3v) is 6.85. The van der Waals surface area contributed by atoms with Crippen LogP contribution in [0.15, 0.2) is 48.5 Å². The lowest BCUT2D eigenvalue weighted by Crippen LogP contribution is -2.44. The monoisotopic (exact) mass is 479 g/mol. The Bertz CT molecular complexity index is 1210. The molecule has 2 amide bonds. The molecule has 2 aromatic carbocycles. The van der Waals surface area contributed by atoms with Crippen molar-refractivity contribution in [1.82, 2.24) is 10.3 Å². The molecular formula is C25H25N3O5S. The third-order valence-electron chi connectivity index (χ3n) is 5.77. The molecule has 1 heterocycles. The average molecular weight is 480 g/mol. The maximum Gasteiger partial charge on any atom is 0.413 e. The number of aryl methyl sites for hydroxylation is 1. The molecule has 0 bridgehead atoms. The maximum atomic E-state index is 12.6. The summed E-state index contributed by atoms with van der Waals surface area (Å²) in [6.45, 7) is 5.21. The Labute approximate surface area is 201 Å². The van der Waals surface area contributed by atoms with E-state index in [2.05, 4.69) is 27.8 Å². The number of carbonyl (C=O) groups excluding carboxylic acids is 2. The second kappa shape index (κ2) is 9.64. The van der Waals surface area contributed by atoms with Crippen molar-refractivity contribution < 1.29 is 24.2 Å². The predicted molar refractivity (Wildman–Crippen MR) is 129 cm³/mol. The van der Waals surface area contributed by atoms with Gasteiger partial charge in [-0.05, 0) is 35.1 Å². The minimum absolute atomic E-state index is 0.0681.